The Balaban J connectivity index is 1.94. The second-order valence-electron chi connectivity index (χ2n) is 5.48. The number of rotatable bonds is 4. The summed E-state index contributed by atoms with van der Waals surface area (Å²) in [6.07, 6.45) is 2.00. The molecule has 2 rings (SSSR count). The lowest BCUT2D eigenvalue weighted by atomic mass is 9.91. The van der Waals surface area contributed by atoms with Gasteiger partial charge in [0.25, 0.3) is 0 Å². The van der Waals surface area contributed by atoms with Crippen LogP contribution in [0.4, 0.5) is 0 Å². The lowest BCUT2D eigenvalue weighted by Crippen LogP contribution is -2.50. The van der Waals surface area contributed by atoms with Gasteiger partial charge in [-0.25, -0.2) is 0 Å². The first-order chi connectivity index (χ1) is 9.50. The second kappa shape index (κ2) is 6.70. The average molecular weight is 341 g/mol. The summed E-state index contributed by atoms with van der Waals surface area (Å²) in [5.74, 6) is 0.361. The van der Waals surface area contributed by atoms with E-state index in [4.69, 9.17) is 10.5 Å². The first-order valence-electron chi connectivity index (χ1n) is 6.91. The molecule has 4 nitrogen and oxygen atoms in total. The van der Waals surface area contributed by atoms with E-state index >= 15 is 0 Å². The molecule has 1 aromatic rings. The Labute approximate surface area is 128 Å². The molecule has 1 unspecified atom stereocenters. The van der Waals surface area contributed by atoms with Crippen LogP contribution < -0.4 is 11.1 Å². The van der Waals surface area contributed by atoms with Crippen LogP contribution in [0.2, 0.25) is 0 Å². The monoisotopic (exact) mass is 340 g/mol. The molecule has 1 aromatic carbocycles. The van der Waals surface area contributed by atoms with Crippen molar-refractivity contribution in [1.82, 2.24) is 5.32 Å². The quantitative estimate of drug-likeness (QED) is 0.882. The third-order valence-corrected chi connectivity index (χ3v) is 4.34. The second-order valence-corrected chi connectivity index (χ2v) is 6.39. The van der Waals surface area contributed by atoms with Crippen LogP contribution in [0.15, 0.2) is 28.7 Å². The van der Waals surface area contributed by atoms with Crippen molar-refractivity contribution < 1.29 is 9.53 Å². The molecule has 0 saturated carbocycles. The highest BCUT2D eigenvalue weighted by Crippen LogP contribution is 2.21. The fourth-order valence-corrected chi connectivity index (χ4v) is 2.56. The molecule has 3 N–H and O–H groups in total. The zero-order valence-electron chi connectivity index (χ0n) is 11.7. The number of hydrogen-bond donors (Lipinski definition) is 2. The number of carbonyl (C=O) groups is 1. The van der Waals surface area contributed by atoms with Crippen molar-refractivity contribution in [3.63, 3.8) is 0 Å². The summed E-state index contributed by atoms with van der Waals surface area (Å²) < 4.78 is 6.28. The summed E-state index contributed by atoms with van der Waals surface area (Å²) in [6.45, 7) is 3.99. The molecule has 1 atom stereocenters. The predicted octanol–water partition coefficient (Wildman–Crippen LogP) is 2.17. The van der Waals surface area contributed by atoms with Crippen molar-refractivity contribution in [2.75, 3.05) is 19.8 Å². The normalized spacial score (nSPS) is 19.4. The smallest absolute Gasteiger partial charge is 0.244 e. The summed E-state index contributed by atoms with van der Waals surface area (Å²) in [7, 11) is 0. The lowest BCUT2D eigenvalue weighted by Gasteiger charge is -2.27. The van der Waals surface area contributed by atoms with Gasteiger partial charge in [-0.15, -0.1) is 0 Å². The molecular weight excluding hydrogens is 320 g/mol. The maximum atomic E-state index is 12.3. The van der Waals surface area contributed by atoms with Crippen LogP contribution in [0.25, 0.3) is 0 Å². The number of hydrogen-bond acceptors (Lipinski definition) is 3. The Hall–Kier alpha value is -0.910. The molecule has 0 aliphatic carbocycles. The molecule has 1 aliphatic rings. The minimum Gasteiger partial charge on any atom is -0.381 e. The van der Waals surface area contributed by atoms with Crippen molar-refractivity contribution in [1.29, 1.82) is 0 Å². The van der Waals surface area contributed by atoms with Crippen LogP contribution >= 0.6 is 15.9 Å². The van der Waals surface area contributed by atoms with Crippen LogP contribution in [-0.2, 0) is 15.1 Å². The molecule has 1 heterocycles. The van der Waals surface area contributed by atoms with E-state index in [1.54, 1.807) is 6.92 Å². The molecule has 110 valence electrons. The number of amides is 1. The van der Waals surface area contributed by atoms with E-state index in [-0.39, 0.29) is 5.91 Å². The van der Waals surface area contributed by atoms with Crippen LogP contribution in [-0.4, -0.2) is 25.7 Å². The van der Waals surface area contributed by atoms with E-state index in [0.717, 1.165) is 36.1 Å². The molecule has 1 fully saturated rings. The topological polar surface area (TPSA) is 64.4 Å². The van der Waals surface area contributed by atoms with Gasteiger partial charge in [0.05, 0.1) is 0 Å². The molecule has 1 saturated heterocycles. The number of ether oxygens (including phenoxy) is 1. The van der Waals surface area contributed by atoms with Gasteiger partial charge < -0.3 is 15.8 Å². The summed E-state index contributed by atoms with van der Waals surface area (Å²) in [5, 5.41) is 2.97. The van der Waals surface area contributed by atoms with Gasteiger partial charge in [0.2, 0.25) is 5.91 Å². The molecule has 0 aromatic heterocycles. The van der Waals surface area contributed by atoms with Crippen LogP contribution in [0, 0.1) is 5.92 Å². The van der Waals surface area contributed by atoms with Crippen LogP contribution in [0.3, 0.4) is 0 Å². The summed E-state index contributed by atoms with van der Waals surface area (Å²) in [4.78, 5) is 12.3. The standard InChI is InChI=1S/C15H21BrN2O2/c1-15(17,12-2-4-13(16)5-3-12)14(19)18-10-11-6-8-20-9-7-11/h2-5,11H,6-10,17H2,1H3,(H,18,19). The van der Waals surface area contributed by atoms with Crippen molar-refractivity contribution in [3.05, 3.63) is 34.3 Å². The van der Waals surface area contributed by atoms with E-state index in [0.29, 0.717) is 12.5 Å². The fraction of sp³-hybridized carbons (Fsp3) is 0.533. The Bertz CT molecular complexity index is 453. The molecule has 1 amide bonds. The van der Waals surface area contributed by atoms with Crippen molar-refractivity contribution in [2.45, 2.75) is 25.3 Å². The Morgan fingerprint density at radius 2 is 2.00 bits per heavy atom. The number of halogens is 1. The maximum Gasteiger partial charge on any atom is 0.244 e. The third kappa shape index (κ3) is 3.81. The highest BCUT2D eigenvalue weighted by molar-refractivity contribution is 9.10. The minimum absolute atomic E-state index is 0.133. The lowest BCUT2D eigenvalue weighted by molar-refractivity contribution is -0.126. The van der Waals surface area contributed by atoms with E-state index in [1.165, 1.54) is 0 Å². The number of nitrogens with two attached hydrogens (primary N) is 1. The van der Waals surface area contributed by atoms with Crippen LogP contribution in [0.1, 0.15) is 25.3 Å². The number of nitrogens with one attached hydrogen (secondary N) is 1. The first kappa shape index (κ1) is 15.5. The van der Waals surface area contributed by atoms with Gasteiger partial charge in [-0.1, -0.05) is 28.1 Å². The predicted molar refractivity (Wildman–Crippen MR) is 82.2 cm³/mol. The molecule has 1 aliphatic heterocycles. The third-order valence-electron chi connectivity index (χ3n) is 3.81. The van der Waals surface area contributed by atoms with Gasteiger partial charge >= 0.3 is 0 Å². The molecule has 0 spiro atoms. The summed E-state index contributed by atoms with van der Waals surface area (Å²) in [6, 6.07) is 7.54. The van der Waals surface area contributed by atoms with Gasteiger partial charge in [0.15, 0.2) is 0 Å². The van der Waals surface area contributed by atoms with Gasteiger partial charge in [-0.2, -0.15) is 0 Å². The maximum absolute atomic E-state index is 12.3. The first-order valence-corrected chi connectivity index (χ1v) is 7.70. The number of benzene rings is 1. The van der Waals surface area contributed by atoms with Crippen LogP contribution in [0.5, 0.6) is 0 Å². The highest BCUT2D eigenvalue weighted by Gasteiger charge is 2.30. The number of carbonyl (C=O) groups excluding carboxylic acids is 1. The SMILES string of the molecule is CC(N)(C(=O)NCC1CCOCC1)c1ccc(Br)cc1. The molecular formula is C15H21BrN2O2. The average Bonchev–Trinajstić information content (AvgIpc) is 2.46. The van der Waals surface area contributed by atoms with E-state index in [1.807, 2.05) is 24.3 Å². The Morgan fingerprint density at radius 1 is 1.40 bits per heavy atom. The highest BCUT2D eigenvalue weighted by atomic mass is 79.9. The largest absolute Gasteiger partial charge is 0.381 e. The van der Waals surface area contributed by atoms with Gasteiger partial charge in [0.1, 0.15) is 5.54 Å². The fourth-order valence-electron chi connectivity index (χ4n) is 2.30. The zero-order valence-corrected chi connectivity index (χ0v) is 13.3. The molecule has 20 heavy (non-hydrogen) atoms. The van der Waals surface area contributed by atoms with Crippen molar-refractivity contribution in [2.24, 2.45) is 11.7 Å². The van der Waals surface area contributed by atoms with Gasteiger partial charge in [-0.3, -0.25) is 4.79 Å². The minimum atomic E-state index is -1.01. The molecule has 5 heteroatoms. The molecule has 0 bridgehead atoms. The van der Waals surface area contributed by atoms with E-state index in [9.17, 15) is 4.79 Å². The zero-order chi connectivity index (χ0) is 14.6. The van der Waals surface area contributed by atoms with Gasteiger partial charge in [0, 0.05) is 24.2 Å². The molecule has 0 radical (unpaired) electrons. The summed E-state index contributed by atoms with van der Waals surface area (Å²) in [5.41, 5.74) is 6.00. The van der Waals surface area contributed by atoms with Gasteiger partial charge in [-0.05, 0) is 43.4 Å². The summed E-state index contributed by atoms with van der Waals surface area (Å²) >= 11 is 3.38. The van der Waals surface area contributed by atoms with Crippen molar-refractivity contribution >= 4 is 21.8 Å². The van der Waals surface area contributed by atoms with E-state index < -0.39 is 5.54 Å². The van der Waals surface area contributed by atoms with E-state index in [2.05, 4.69) is 21.2 Å². The van der Waals surface area contributed by atoms with Crippen molar-refractivity contribution in [3.8, 4) is 0 Å². The Morgan fingerprint density at radius 3 is 2.60 bits per heavy atom. The Kier molecular flexibility index (Phi) is 5.18.